The second kappa shape index (κ2) is 9.83. The summed E-state index contributed by atoms with van der Waals surface area (Å²) in [5.41, 5.74) is 0.960. The molecule has 0 saturated heterocycles. The minimum absolute atomic E-state index is 0.630. The maximum absolute atomic E-state index is 5.54. The third kappa shape index (κ3) is 6.55. The molecule has 0 aromatic carbocycles. The molecule has 1 rings (SSSR count). The molecule has 0 atom stereocenters. The van der Waals surface area contributed by atoms with Gasteiger partial charge < -0.3 is 10.1 Å². The zero-order valence-corrected chi connectivity index (χ0v) is 11.6. The summed E-state index contributed by atoms with van der Waals surface area (Å²) in [6.45, 7) is 6.88. The summed E-state index contributed by atoms with van der Waals surface area (Å²) in [6.07, 6.45) is 5.97. The van der Waals surface area contributed by atoms with Crippen molar-refractivity contribution < 1.29 is 4.74 Å². The molecule has 0 fully saturated rings. The van der Waals surface area contributed by atoms with Crippen LogP contribution in [-0.2, 0) is 6.54 Å². The van der Waals surface area contributed by atoms with E-state index in [-0.39, 0.29) is 0 Å². The van der Waals surface area contributed by atoms with Gasteiger partial charge in [0.1, 0.15) is 0 Å². The maximum atomic E-state index is 5.54. The second-order valence-corrected chi connectivity index (χ2v) is 4.45. The van der Waals surface area contributed by atoms with Crippen LogP contribution in [0, 0.1) is 0 Å². The zero-order valence-electron chi connectivity index (χ0n) is 11.6. The standard InChI is InChI=1S/C14H25N3O/c1-3-5-6-7-11-18-14-9-8-13(16-17-14)12-15-10-4-2/h8-9,15H,3-7,10-12H2,1-2H3. The Balaban J connectivity index is 2.19. The van der Waals surface area contributed by atoms with Crippen molar-refractivity contribution in [2.75, 3.05) is 13.2 Å². The Morgan fingerprint density at radius 2 is 1.94 bits per heavy atom. The van der Waals surface area contributed by atoms with Gasteiger partial charge in [-0.15, -0.1) is 5.10 Å². The lowest BCUT2D eigenvalue weighted by Gasteiger charge is -2.05. The fourth-order valence-electron chi connectivity index (χ4n) is 1.62. The van der Waals surface area contributed by atoms with Crippen molar-refractivity contribution in [3.63, 3.8) is 0 Å². The number of ether oxygens (including phenoxy) is 1. The molecule has 1 aromatic heterocycles. The molecule has 0 saturated carbocycles. The van der Waals surface area contributed by atoms with Crippen LogP contribution in [0.2, 0.25) is 0 Å². The van der Waals surface area contributed by atoms with E-state index in [1.165, 1.54) is 19.3 Å². The molecule has 0 unspecified atom stereocenters. The smallest absolute Gasteiger partial charge is 0.233 e. The van der Waals surface area contributed by atoms with Gasteiger partial charge in [-0.05, 0) is 25.5 Å². The summed E-state index contributed by atoms with van der Waals surface area (Å²) < 4.78 is 5.54. The molecular formula is C14H25N3O. The molecule has 0 spiro atoms. The number of nitrogens with zero attached hydrogens (tertiary/aromatic N) is 2. The number of hydrogen-bond donors (Lipinski definition) is 1. The Morgan fingerprint density at radius 1 is 1.06 bits per heavy atom. The summed E-state index contributed by atoms with van der Waals surface area (Å²) in [7, 11) is 0. The number of hydrogen-bond acceptors (Lipinski definition) is 4. The van der Waals surface area contributed by atoms with Crippen molar-refractivity contribution in [2.24, 2.45) is 0 Å². The zero-order chi connectivity index (χ0) is 13.1. The third-order valence-electron chi connectivity index (χ3n) is 2.68. The van der Waals surface area contributed by atoms with Gasteiger partial charge in [-0.1, -0.05) is 33.1 Å². The highest BCUT2D eigenvalue weighted by Crippen LogP contribution is 2.06. The fourth-order valence-corrected chi connectivity index (χ4v) is 1.62. The van der Waals surface area contributed by atoms with E-state index in [0.29, 0.717) is 5.88 Å². The van der Waals surface area contributed by atoms with Crippen LogP contribution < -0.4 is 10.1 Å². The van der Waals surface area contributed by atoms with E-state index in [0.717, 1.165) is 38.2 Å². The molecule has 0 aliphatic rings. The number of rotatable bonds is 10. The van der Waals surface area contributed by atoms with Crippen LogP contribution in [0.25, 0.3) is 0 Å². The molecule has 0 amide bonds. The van der Waals surface area contributed by atoms with E-state index in [1.807, 2.05) is 12.1 Å². The summed E-state index contributed by atoms with van der Waals surface area (Å²) in [5.74, 6) is 0.630. The van der Waals surface area contributed by atoms with Gasteiger partial charge in [0, 0.05) is 12.6 Å². The summed E-state index contributed by atoms with van der Waals surface area (Å²) in [5, 5.41) is 11.5. The lowest BCUT2D eigenvalue weighted by Crippen LogP contribution is -2.15. The van der Waals surface area contributed by atoms with Crippen molar-refractivity contribution in [2.45, 2.75) is 52.5 Å². The van der Waals surface area contributed by atoms with E-state index in [4.69, 9.17) is 4.74 Å². The number of unbranched alkanes of at least 4 members (excludes halogenated alkanes) is 3. The third-order valence-corrected chi connectivity index (χ3v) is 2.68. The van der Waals surface area contributed by atoms with Gasteiger partial charge >= 0.3 is 0 Å². The molecule has 18 heavy (non-hydrogen) atoms. The van der Waals surface area contributed by atoms with E-state index in [2.05, 4.69) is 29.4 Å². The van der Waals surface area contributed by atoms with E-state index >= 15 is 0 Å². The van der Waals surface area contributed by atoms with Gasteiger partial charge in [-0.25, -0.2) is 0 Å². The van der Waals surface area contributed by atoms with Crippen molar-refractivity contribution >= 4 is 0 Å². The fraction of sp³-hybridized carbons (Fsp3) is 0.714. The molecule has 0 bridgehead atoms. The van der Waals surface area contributed by atoms with Crippen LogP contribution in [0.1, 0.15) is 51.6 Å². The lowest BCUT2D eigenvalue weighted by atomic mass is 10.2. The SMILES string of the molecule is CCCCCCOc1ccc(CNCCC)nn1. The topological polar surface area (TPSA) is 47.0 Å². The van der Waals surface area contributed by atoms with Crippen molar-refractivity contribution in [3.05, 3.63) is 17.8 Å². The minimum Gasteiger partial charge on any atom is -0.477 e. The van der Waals surface area contributed by atoms with Crippen LogP contribution in [0.3, 0.4) is 0 Å². The predicted octanol–water partition coefficient (Wildman–Crippen LogP) is 2.94. The van der Waals surface area contributed by atoms with Gasteiger partial charge in [0.05, 0.1) is 12.3 Å². The minimum atomic E-state index is 0.630. The van der Waals surface area contributed by atoms with Crippen LogP contribution >= 0.6 is 0 Å². The molecular weight excluding hydrogens is 226 g/mol. The number of nitrogens with one attached hydrogen (secondary N) is 1. The Kier molecular flexibility index (Phi) is 8.13. The van der Waals surface area contributed by atoms with Gasteiger partial charge in [-0.3, -0.25) is 0 Å². The Bertz CT molecular complexity index is 300. The van der Waals surface area contributed by atoms with Crippen molar-refractivity contribution in [1.82, 2.24) is 15.5 Å². The average molecular weight is 251 g/mol. The van der Waals surface area contributed by atoms with Crippen molar-refractivity contribution in [1.29, 1.82) is 0 Å². The normalized spacial score (nSPS) is 10.6. The van der Waals surface area contributed by atoms with Crippen LogP contribution in [0.15, 0.2) is 12.1 Å². The van der Waals surface area contributed by atoms with Crippen LogP contribution in [0.4, 0.5) is 0 Å². The molecule has 4 heteroatoms. The van der Waals surface area contributed by atoms with Gasteiger partial charge in [0.2, 0.25) is 5.88 Å². The van der Waals surface area contributed by atoms with Crippen LogP contribution in [0.5, 0.6) is 5.88 Å². The molecule has 0 aliphatic carbocycles. The van der Waals surface area contributed by atoms with Gasteiger partial charge in [0.15, 0.2) is 0 Å². The van der Waals surface area contributed by atoms with Gasteiger partial charge in [0.25, 0.3) is 0 Å². The monoisotopic (exact) mass is 251 g/mol. The first-order valence-electron chi connectivity index (χ1n) is 7.03. The summed E-state index contributed by atoms with van der Waals surface area (Å²) in [6, 6.07) is 3.87. The maximum Gasteiger partial charge on any atom is 0.233 e. The van der Waals surface area contributed by atoms with Crippen molar-refractivity contribution in [3.8, 4) is 5.88 Å². The van der Waals surface area contributed by atoms with Gasteiger partial charge in [-0.2, -0.15) is 5.10 Å². The molecule has 1 N–H and O–H groups in total. The number of aromatic nitrogens is 2. The predicted molar refractivity (Wildman–Crippen MR) is 73.7 cm³/mol. The highest BCUT2D eigenvalue weighted by atomic mass is 16.5. The van der Waals surface area contributed by atoms with E-state index in [9.17, 15) is 0 Å². The van der Waals surface area contributed by atoms with Crippen LogP contribution in [-0.4, -0.2) is 23.3 Å². The first-order chi connectivity index (χ1) is 8.86. The largest absolute Gasteiger partial charge is 0.477 e. The highest BCUT2D eigenvalue weighted by Gasteiger charge is 1.98. The first-order valence-corrected chi connectivity index (χ1v) is 7.03. The molecule has 102 valence electrons. The molecule has 1 aromatic rings. The molecule has 0 radical (unpaired) electrons. The Morgan fingerprint density at radius 3 is 2.61 bits per heavy atom. The summed E-state index contributed by atoms with van der Waals surface area (Å²) >= 11 is 0. The molecule has 1 heterocycles. The quantitative estimate of drug-likeness (QED) is 0.649. The van der Waals surface area contributed by atoms with E-state index < -0.39 is 0 Å². The Labute approximate surface area is 110 Å². The molecule has 4 nitrogen and oxygen atoms in total. The second-order valence-electron chi connectivity index (χ2n) is 4.45. The lowest BCUT2D eigenvalue weighted by molar-refractivity contribution is 0.290. The molecule has 0 aliphatic heterocycles. The highest BCUT2D eigenvalue weighted by molar-refractivity contribution is 5.11. The Hall–Kier alpha value is -1.16. The average Bonchev–Trinajstić information content (AvgIpc) is 2.40. The summed E-state index contributed by atoms with van der Waals surface area (Å²) in [4.78, 5) is 0. The van der Waals surface area contributed by atoms with E-state index in [1.54, 1.807) is 0 Å². The first kappa shape index (κ1) is 14.9.